The Labute approximate surface area is 169 Å². The second-order valence-electron chi connectivity index (χ2n) is 6.66. The number of carbonyl (C=O) groups is 1. The van der Waals surface area contributed by atoms with E-state index in [1.807, 2.05) is 13.8 Å². The number of carbonyl (C=O) groups excluding carboxylic acids is 1. The molecule has 0 amide bonds. The van der Waals surface area contributed by atoms with Crippen LogP contribution in [0.15, 0.2) is 27.4 Å². The van der Waals surface area contributed by atoms with Gasteiger partial charge in [0.1, 0.15) is 10.4 Å². The number of nitrogens with zero attached hydrogens (tertiary/aromatic N) is 1. The molecule has 0 unspecified atom stereocenters. The average molecular weight is 417 g/mol. The van der Waals surface area contributed by atoms with Gasteiger partial charge in [-0.25, -0.2) is 9.78 Å². The number of ether oxygens (including phenoxy) is 1. The van der Waals surface area contributed by atoms with E-state index in [9.17, 15) is 9.59 Å². The number of hydrogen-bond donors (Lipinski definition) is 1. The summed E-state index contributed by atoms with van der Waals surface area (Å²) >= 11 is 7.46. The SMILES string of the molecule is Cc1sc2nc([C@H](C)OC(=O)c3oc4ccc(Cl)cc4c3C)[nH]c(=O)c2c1C. The van der Waals surface area contributed by atoms with Gasteiger partial charge >= 0.3 is 5.97 Å². The Morgan fingerprint density at radius 2 is 2.04 bits per heavy atom. The maximum Gasteiger partial charge on any atom is 0.375 e. The zero-order valence-corrected chi connectivity index (χ0v) is 17.2. The minimum Gasteiger partial charge on any atom is -0.449 e. The van der Waals surface area contributed by atoms with Gasteiger partial charge in [0, 0.05) is 20.8 Å². The first-order valence-corrected chi connectivity index (χ1v) is 9.85. The number of esters is 1. The van der Waals surface area contributed by atoms with Gasteiger partial charge in [0.05, 0.1) is 5.39 Å². The quantitative estimate of drug-likeness (QED) is 0.462. The van der Waals surface area contributed by atoms with Gasteiger partial charge in [-0.2, -0.15) is 0 Å². The number of nitrogens with one attached hydrogen (secondary N) is 1. The highest BCUT2D eigenvalue weighted by Crippen LogP contribution is 2.30. The van der Waals surface area contributed by atoms with Crippen molar-refractivity contribution in [1.82, 2.24) is 9.97 Å². The van der Waals surface area contributed by atoms with Crippen LogP contribution in [0.3, 0.4) is 0 Å². The topological polar surface area (TPSA) is 85.2 Å². The molecule has 3 aromatic heterocycles. The Balaban J connectivity index is 1.66. The minimum atomic E-state index is -0.747. The number of H-pyrrole nitrogens is 1. The van der Waals surface area contributed by atoms with E-state index in [0.717, 1.165) is 15.8 Å². The van der Waals surface area contributed by atoms with Crippen LogP contribution in [0.25, 0.3) is 21.2 Å². The summed E-state index contributed by atoms with van der Waals surface area (Å²) in [5.74, 6) is -0.224. The molecule has 144 valence electrons. The van der Waals surface area contributed by atoms with Crippen molar-refractivity contribution in [3.05, 3.63) is 61.2 Å². The average Bonchev–Trinajstić information content (AvgIpc) is 3.12. The van der Waals surface area contributed by atoms with Crippen LogP contribution in [-0.2, 0) is 4.74 Å². The molecule has 1 atom stereocenters. The Kier molecular flexibility index (Phi) is 4.51. The number of halogens is 1. The lowest BCUT2D eigenvalue weighted by Gasteiger charge is -2.11. The van der Waals surface area contributed by atoms with Crippen LogP contribution < -0.4 is 5.56 Å². The molecule has 0 aliphatic heterocycles. The molecule has 1 aromatic carbocycles. The fourth-order valence-corrected chi connectivity index (χ4v) is 4.33. The van der Waals surface area contributed by atoms with E-state index in [1.165, 1.54) is 11.3 Å². The molecular weight excluding hydrogens is 400 g/mol. The Bertz CT molecular complexity index is 1300. The summed E-state index contributed by atoms with van der Waals surface area (Å²) in [5, 5.41) is 1.89. The van der Waals surface area contributed by atoms with Crippen molar-refractivity contribution < 1.29 is 13.9 Å². The van der Waals surface area contributed by atoms with Crippen molar-refractivity contribution in [2.45, 2.75) is 33.8 Å². The Morgan fingerprint density at radius 1 is 1.29 bits per heavy atom. The molecule has 0 spiro atoms. The Hall–Kier alpha value is -2.64. The molecule has 0 aliphatic rings. The standard InChI is InChI=1S/C20H17ClN2O4S/c1-8-11(4)28-19-15(8)18(24)22-17(23-19)10(3)26-20(25)16-9(2)13-7-12(21)5-6-14(13)27-16/h5-7,10H,1-4H3,(H,22,23,24)/t10-/m0/s1. The fraction of sp³-hybridized carbons (Fsp3) is 0.250. The third kappa shape index (κ3) is 3.00. The molecule has 0 saturated heterocycles. The van der Waals surface area contributed by atoms with Gasteiger partial charge in [0.2, 0.25) is 5.76 Å². The molecule has 0 bridgehead atoms. The van der Waals surface area contributed by atoms with E-state index < -0.39 is 12.1 Å². The predicted octanol–water partition coefficient (Wildman–Crippen LogP) is 5.23. The zero-order valence-electron chi connectivity index (χ0n) is 15.7. The number of benzene rings is 1. The number of rotatable bonds is 3. The molecule has 4 aromatic rings. The summed E-state index contributed by atoms with van der Waals surface area (Å²) in [6.07, 6.45) is -0.747. The highest BCUT2D eigenvalue weighted by molar-refractivity contribution is 7.18. The monoisotopic (exact) mass is 416 g/mol. The predicted molar refractivity (Wildman–Crippen MR) is 110 cm³/mol. The zero-order chi connectivity index (χ0) is 20.2. The van der Waals surface area contributed by atoms with E-state index in [0.29, 0.717) is 32.2 Å². The van der Waals surface area contributed by atoms with Crippen molar-refractivity contribution in [3.8, 4) is 0 Å². The van der Waals surface area contributed by atoms with Crippen LogP contribution in [0.2, 0.25) is 5.02 Å². The van der Waals surface area contributed by atoms with Gasteiger partial charge in [-0.15, -0.1) is 11.3 Å². The van der Waals surface area contributed by atoms with Crippen LogP contribution in [0.5, 0.6) is 0 Å². The lowest BCUT2D eigenvalue weighted by molar-refractivity contribution is 0.0285. The van der Waals surface area contributed by atoms with E-state index in [-0.39, 0.29) is 11.3 Å². The summed E-state index contributed by atoms with van der Waals surface area (Å²) < 4.78 is 11.2. The summed E-state index contributed by atoms with van der Waals surface area (Å²) in [7, 11) is 0. The molecular formula is C20H17ClN2O4S. The summed E-state index contributed by atoms with van der Waals surface area (Å²) in [6, 6.07) is 5.14. The number of aryl methyl sites for hydroxylation is 3. The highest BCUT2D eigenvalue weighted by Gasteiger charge is 2.23. The van der Waals surface area contributed by atoms with Crippen molar-refractivity contribution in [1.29, 1.82) is 0 Å². The van der Waals surface area contributed by atoms with Crippen molar-refractivity contribution in [2.75, 3.05) is 0 Å². The third-order valence-electron chi connectivity index (χ3n) is 4.81. The molecule has 6 nitrogen and oxygen atoms in total. The van der Waals surface area contributed by atoms with Gasteiger partial charge in [-0.05, 0) is 51.5 Å². The first-order chi connectivity index (χ1) is 13.3. The second kappa shape index (κ2) is 6.76. The van der Waals surface area contributed by atoms with Crippen LogP contribution in [0.1, 0.15) is 45.4 Å². The van der Waals surface area contributed by atoms with E-state index in [1.54, 1.807) is 32.0 Å². The van der Waals surface area contributed by atoms with Crippen molar-refractivity contribution >= 4 is 50.1 Å². The first kappa shape index (κ1) is 18.7. The molecule has 0 fully saturated rings. The smallest absolute Gasteiger partial charge is 0.375 e. The summed E-state index contributed by atoms with van der Waals surface area (Å²) in [4.78, 5) is 33.9. The third-order valence-corrected chi connectivity index (χ3v) is 6.15. The largest absolute Gasteiger partial charge is 0.449 e. The minimum absolute atomic E-state index is 0.107. The lowest BCUT2D eigenvalue weighted by atomic mass is 10.1. The van der Waals surface area contributed by atoms with Gasteiger partial charge in [0.25, 0.3) is 5.56 Å². The molecule has 8 heteroatoms. The van der Waals surface area contributed by atoms with Crippen LogP contribution in [0.4, 0.5) is 0 Å². The highest BCUT2D eigenvalue weighted by atomic mass is 35.5. The molecule has 0 aliphatic carbocycles. The number of aromatic nitrogens is 2. The fourth-order valence-electron chi connectivity index (χ4n) is 3.12. The molecule has 0 saturated carbocycles. The molecule has 3 heterocycles. The van der Waals surface area contributed by atoms with E-state index in [2.05, 4.69) is 9.97 Å². The van der Waals surface area contributed by atoms with E-state index >= 15 is 0 Å². The molecule has 28 heavy (non-hydrogen) atoms. The lowest BCUT2D eigenvalue weighted by Crippen LogP contribution is -2.17. The molecule has 4 rings (SSSR count). The summed E-state index contributed by atoms with van der Waals surface area (Å²) in [6.45, 7) is 7.27. The van der Waals surface area contributed by atoms with Gasteiger partial charge in [-0.1, -0.05) is 11.6 Å². The number of furan rings is 1. The van der Waals surface area contributed by atoms with E-state index in [4.69, 9.17) is 20.8 Å². The van der Waals surface area contributed by atoms with Crippen LogP contribution >= 0.6 is 22.9 Å². The van der Waals surface area contributed by atoms with Crippen LogP contribution in [-0.4, -0.2) is 15.9 Å². The maximum absolute atomic E-state index is 12.6. The number of thiophene rings is 1. The Morgan fingerprint density at radius 3 is 2.79 bits per heavy atom. The molecule has 0 radical (unpaired) electrons. The van der Waals surface area contributed by atoms with Gasteiger partial charge in [0.15, 0.2) is 11.9 Å². The number of hydrogen-bond acceptors (Lipinski definition) is 6. The summed E-state index contributed by atoms with van der Waals surface area (Å²) in [5.41, 5.74) is 1.89. The van der Waals surface area contributed by atoms with Gasteiger partial charge < -0.3 is 14.1 Å². The number of fused-ring (bicyclic) bond motifs is 2. The number of aromatic amines is 1. The normalized spacial score (nSPS) is 12.6. The maximum atomic E-state index is 12.6. The first-order valence-electron chi connectivity index (χ1n) is 8.65. The van der Waals surface area contributed by atoms with Crippen molar-refractivity contribution in [3.63, 3.8) is 0 Å². The molecule has 1 N–H and O–H groups in total. The second-order valence-corrected chi connectivity index (χ2v) is 8.30. The van der Waals surface area contributed by atoms with Crippen molar-refractivity contribution in [2.24, 2.45) is 0 Å². The van der Waals surface area contributed by atoms with Crippen LogP contribution in [0, 0.1) is 20.8 Å². The van der Waals surface area contributed by atoms with Gasteiger partial charge in [-0.3, -0.25) is 4.79 Å².